The molecule has 2 aromatic carbocycles. The van der Waals surface area contributed by atoms with E-state index in [0.717, 1.165) is 36.1 Å². The Balaban J connectivity index is 1.81. The summed E-state index contributed by atoms with van der Waals surface area (Å²) in [7, 11) is 0. The van der Waals surface area contributed by atoms with Gasteiger partial charge in [-0.3, -0.25) is 0 Å². The third kappa shape index (κ3) is 3.16. The van der Waals surface area contributed by atoms with Gasteiger partial charge in [0.1, 0.15) is 5.82 Å². The van der Waals surface area contributed by atoms with Gasteiger partial charge in [0.25, 0.3) is 0 Å². The van der Waals surface area contributed by atoms with Crippen molar-refractivity contribution in [3.8, 4) is 11.1 Å². The first-order chi connectivity index (χ1) is 10.3. The average molecular weight is 283 g/mol. The van der Waals surface area contributed by atoms with Crippen LogP contribution in [0.5, 0.6) is 0 Å². The molecule has 1 aliphatic carbocycles. The molecule has 0 fully saturated rings. The van der Waals surface area contributed by atoms with Crippen LogP contribution in [-0.4, -0.2) is 6.54 Å². The molecule has 110 valence electrons. The summed E-state index contributed by atoms with van der Waals surface area (Å²) < 4.78 is 14.2. The monoisotopic (exact) mass is 283 g/mol. The van der Waals surface area contributed by atoms with Crippen molar-refractivity contribution < 1.29 is 4.39 Å². The molecule has 0 spiro atoms. The second kappa shape index (κ2) is 6.40. The third-order valence-corrected chi connectivity index (χ3v) is 4.23. The fraction of sp³-hybridized carbons (Fsp3) is 0.368. The standard InChI is InChI=1S/C19H22FN/c1-2-10-21-13-18-9-8-17(12-19(18)20)16-7-6-14-4-3-5-15(14)11-16/h6-9,11-12,21H,2-5,10,13H2,1H3. The van der Waals surface area contributed by atoms with E-state index in [1.165, 1.54) is 24.0 Å². The minimum atomic E-state index is -0.114. The van der Waals surface area contributed by atoms with Crippen molar-refractivity contribution in [3.63, 3.8) is 0 Å². The molecule has 0 unspecified atom stereocenters. The molecule has 2 heteroatoms. The normalized spacial score (nSPS) is 13.4. The summed E-state index contributed by atoms with van der Waals surface area (Å²) in [4.78, 5) is 0. The van der Waals surface area contributed by atoms with Gasteiger partial charge >= 0.3 is 0 Å². The molecule has 1 N–H and O–H groups in total. The van der Waals surface area contributed by atoms with Gasteiger partial charge in [0.15, 0.2) is 0 Å². The molecule has 0 aromatic heterocycles. The third-order valence-electron chi connectivity index (χ3n) is 4.23. The Bertz CT molecular complexity index is 633. The lowest BCUT2D eigenvalue weighted by atomic mass is 9.99. The fourth-order valence-electron chi connectivity index (χ4n) is 3.02. The zero-order valence-electron chi connectivity index (χ0n) is 12.6. The minimum Gasteiger partial charge on any atom is -0.313 e. The number of halogens is 1. The van der Waals surface area contributed by atoms with Crippen LogP contribution in [0, 0.1) is 5.82 Å². The van der Waals surface area contributed by atoms with Crippen molar-refractivity contribution in [3.05, 3.63) is 58.9 Å². The first kappa shape index (κ1) is 14.3. The summed E-state index contributed by atoms with van der Waals surface area (Å²) in [6, 6.07) is 12.1. The van der Waals surface area contributed by atoms with E-state index in [4.69, 9.17) is 0 Å². The van der Waals surface area contributed by atoms with Crippen LogP contribution >= 0.6 is 0 Å². The molecule has 21 heavy (non-hydrogen) atoms. The SMILES string of the molecule is CCCNCc1ccc(-c2ccc3c(c2)CCC3)cc1F. The van der Waals surface area contributed by atoms with E-state index in [9.17, 15) is 4.39 Å². The molecule has 0 bridgehead atoms. The molecule has 3 rings (SSSR count). The van der Waals surface area contributed by atoms with Gasteiger partial charge in [-0.15, -0.1) is 0 Å². The predicted molar refractivity (Wildman–Crippen MR) is 85.9 cm³/mol. The Morgan fingerprint density at radius 2 is 1.76 bits per heavy atom. The van der Waals surface area contributed by atoms with Gasteiger partial charge in [0.2, 0.25) is 0 Å². The number of nitrogens with one attached hydrogen (secondary N) is 1. The van der Waals surface area contributed by atoms with E-state index in [0.29, 0.717) is 6.54 Å². The maximum absolute atomic E-state index is 14.2. The van der Waals surface area contributed by atoms with Crippen LogP contribution in [-0.2, 0) is 19.4 Å². The highest BCUT2D eigenvalue weighted by molar-refractivity contribution is 5.65. The van der Waals surface area contributed by atoms with Crippen LogP contribution in [0.2, 0.25) is 0 Å². The van der Waals surface area contributed by atoms with Crippen molar-refractivity contribution in [2.24, 2.45) is 0 Å². The molecule has 0 radical (unpaired) electrons. The molecule has 1 aliphatic rings. The highest BCUT2D eigenvalue weighted by atomic mass is 19.1. The van der Waals surface area contributed by atoms with Crippen LogP contribution in [0.4, 0.5) is 4.39 Å². The van der Waals surface area contributed by atoms with Gasteiger partial charge in [-0.05, 0) is 60.5 Å². The smallest absolute Gasteiger partial charge is 0.128 e. The van der Waals surface area contributed by atoms with Gasteiger partial charge in [0.05, 0.1) is 0 Å². The lowest BCUT2D eigenvalue weighted by Crippen LogP contribution is -2.14. The molecular formula is C19H22FN. The highest BCUT2D eigenvalue weighted by Gasteiger charge is 2.12. The number of hydrogen-bond acceptors (Lipinski definition) is 1. The van der Waals surface area contributed by atoms with Crippen LogP contribution in [0.15, 0.2) is 36.4 Å². The Labute approximate surface area is 126 Å². The number of hydrogen-bond donors (Lipinski definition) is 1. The van der Waals surface area contributed by atoms with E-state index < -0.39 is 0 Å². The van der Waals surface area contributed by atoms with Crippen molar-refractivity contribution in [2.75, 3.05) is 6.54 Å². The van der Waals surface area contributed by atoms with Crippen molar-refractivity contribution >= 4 is 0 Å². The van der Waals surface area contributed by atoms with E-state index in [1.54, 1.807) is 6.07 Å². The lowest BCUT2D eigenvalue weighted by Gasteiger charge is -2.09. The van der Waals surface area contributed by atoms with Crippen molar-refractivity contribution in [2.45, 2.75) is 39.2 Å². The highest BCUT2D eigenvalue weighted by Crippen LogP contribution is 2.28. The van der Waals surface area contributed by atoms with Gasteiger partial charge in [-0.25, -0.2) is 4.39 Å². The Hall–Kier alpha value is -1.67. The van der Waals surface area contributed by atoms with Gasteiger partial charge in [-0.1, -0.05) is 37.3 Å². The van der Waals surface area contributed by atoms with E-state index in [2.05, 4.69) is 30.4 Å². The van der Waals surface area contributed by atoms with Crippen molar-refractivity contribution in [1.29, 1.82) is 0 Å². The van der Waals surface area contributed by atoms with Crippen molar-refractivity contribution in [1.82, 2.24) is 5.32 Å². The van der Waals surface area contributed by atoms with Gasteiger partial charge in [-0.2, -0.15) is 0 Å². The molecular weight excluding hydrogens is 261 g/mol. The Morgan fingerprint density at radius 1 is 1.00 bits per heavy atom. The Morgan fingerprint density at radius 3 is 2.57 bits per heavy atom. The summed E-state index contributed by atoms with van der Waals surface area (Å²) in [6.45, 7) is 3.64. The summed E-state index contributed by atoms with van der Waals surface area (Å²) in [6.07, 6.45) is 4.65. The predicted octanol–water partition coefficient (Wildman–Crippen LogP) is 4.48. The minimum absolute atomic E-state index is 0.114. The zero-order valence-corrected chi connectivity index (χ0v) is 12.6. The van der Waals surface area contributed by atoms with Gasteiger partial charge in [0, 0.05) is 12.1 Å². The molecule has 0 saturated heterocycles. The average Bonchev–Trinajstić information content (AvgIpc) is 2.96. The summed E-state index contributed by atoms with van der Waals surface area (Å²) >= 11 is 0. The lowest BCUT2D eigenvalue weighted by molar-refractivity contribution is 0.587. The zero-order chi connectivity index (χ0) is 14.7. The van der Waals surface area contributed by atoms with E-state index in [1.807, 2.05) is 12.1 Å². The molecule has 0 aliphatic heterocycles. The molecule has 0 amide bonds. The number of benzene rings is 2. The van der Waals surface area contributed by atoms with Gasteiger partial charge < -0.3 is 5.32 Å². The topological polar surface area (TPSA) is 12.0 Å². The molecule has 2 aromatic rings. The van der Waals surface area contributed by atoms with E-state index in [-0.39, 0.29) is 5.82 Å². The molecule has 1 nitrogen and oxygen atoms in total. The Kier molecular flexibility index (Phi) is 4.35. The fourth-order valence-corrected chi connectivity index (χ4v) is 3.02. The number of fused-ring (bicyclic) bond motifs is 1. The second-order valence-electron chi connectivity index (χ2n) is 5.82. The first-order valence-electron chi connectivity index (χ1n) is 7.89. The van der Waals surface area contributed by atoms with E-state index >= 15 is 0 Å². The second-order valence-corrected chi connectivity index (χ2v) is 5.82. The molecule has 0 atom stereocenters. The van der Waals surface area contributed by atoms with Crippen LogP contribution in [0.25, 0.3) is 11.1 Å². The van der Waals surface area contributed by atoms with Crippen LogP contribution < -0.4 is 5.32 Å². The maximum atomic E-state index is 14.2. The molecule has 0 heterocycles. The summed E-state index contributed by atoms with van der Waals surface area (Å²) in [5.74, 6) is -0.114. The molecule has 0 saturated carbocycles. The maximum Gasteiger partial charge on any atom is 0.128 e. The largest absolute Gasteiger partial charge is 0.313 e. The number of rotatable bonds is 5. The number of aryl methyl sites for hydroxylation is 2. The first-order valence-corrected chi connectivity index (χ1v) is 7.89. The summed E-state index contributed by atoms with van der Waals surface area (Å²) in [5, 5.41) is 3.25. The quantitative estimate of drug-likeness (QED) is 0.798. The summed E-state index contributed by atoms with van der Waals surface area (Å²) in [5.41, 5.74) is 5.73. The van der Waals surface area contributed by atoms with Crippen LogP contribution in [0.3, 0.4) is 0 Å². The van der Waals surface area contributed by atoms with Crippen LogP contribution in [0.1, 0.15) is 36.5 Å².